The van der Waals surface area contributed by atoms with Gasteiger partial charge in [-0.3, -0.25) is 0 Å². The smallest absolute Gasteiger partial charge is 0.394 e. The molecule has 0 aliphatic carbocycles. The normalized spacial score (nSPS) is 15.3. The van der Waals surface area contributed by atoms with Crippen LogP contribution in [0.25, 0.3) is 0 Å². The second-order valence-corrected chi connectivity index (χ2v) is 2.68. The predicted octanol–water partition coefficient (Wildman–Crippen LogP) is 0.593. The molecule has 10 heavy (non-hydrogen) atoms. The average molecular weight is 176 g/mol. The average Bonchev–Trinajstić information content (AvgIpc) is 1.81. The van der Waals surface area contributed by atoms with Crippen molar-refractivity contribution in [1.82, 2.24) is 0 Å². The molecule has 0 bridgehead atoms. The highest BCUT2D eigenvalue weighted by molar-refractivity contribution is 8.00. The molecule has 0 spiro atoms. The van der Waals surface area contributed by atoms with Gasteiger partial charge in [0.25, 0.3) is 0 Å². The molecule has 0 aromatic heterocycles. The molecule has 62 valence electrons. The molecule has 0 radical (unpaired) electrons. The summed E-state index contributed by atoms with van der Waals surface area (Å²) in [4.78, 5) is 0. The monoisotopic (exact) mass is 176 g/mol. The quantitative estimate of drug-likeness (QED) is 0.661. The van der Waals surface area contributed by atoms with Crippen molar-refractivity contribution in [3.8, 4) is 0 Å². The summed E-state index contributed by atoms with van der Waals surface area (Å²) in [6, 6.07) is 0. The van der Waals surface area contributed by atoms with E-state index in [0.717, 1.165) is 0 Å². The minimum atomic E-state index is -4.32. The van der Waals surface area contributed by atoms with Gasteiger partial charge >= 0.3 is 5.51 Å². The topological polar surface area (TPSA) is 40.5 Å². The Balaban J connectivity index is 3.36. The molecule has 1 atom stereocenters. The summed E-state index contributed by atoms with van der Waals surface area (Å²) in [6.45, 7) is -0.636. The maximum Gasteiger partial charge on any atom is 0.441 e. The van der Waals surface area contributed by atoms with Crippen LogP contribution in [-0.4, -0.2) is 34.2 Å². The molecule has 0 saturated heterocycles. The van der Waals surface area contributed by atoms with Gasteiger partial charge in [-0.05, 0) is 11.8 Å². The summed E-state index contributed by atoms with van der Waals surface area (Å²) in [5.74, 6) is -0.514. The van der Waals surface area contributed by atoms with E-state index in [1.54, 1.807) is 0 Å². The summed E-state index contributed by atoms with van der Waals surface area (Å²) in [5, 5.41) is 16.6. The SMILES string of the molecule is OCC(O)CSC(F)(F)F. The summed E-state index contributed by atoms with van der Waals surface area (Å²) in [6.07, 6.45) is -1.29. The first-order valence-corrected chi connectivity index (χ1v) is 3.44. The molecule has 0 saturated carbocycles. The van der Waals surface area contributed by atoms with Gasteiger partial charge in [-0.15, -0.1) is 0 Å². The van der Waals surface area contributed by atoms with Gasteiger partial charge < -0.3 is 10.2 Å². The summed E-state index contributed by atoms with van der Waals surface area (Å²) >= 11 is -0.344. The van der Waals surface area contributed by atoms with Crippen molar-refractivity contribution >= 4 is 11.8 Å². The highest BCUT2D eigenvalue weighted by atomic mass is 32.2. The number of hydrogen-bond acceptors (Lipinski definition) is 3. The van der Waals surface area contributed by atoms with Crippen molar-refractivity contribution in [2.75, 3.05) is 12.4 Å². The van der Waals surface area contributed by atoms with Crippen LogP contribution in [0.5, 0.6) is 0 Å². The number of rotatable bonds is 3. The van der Waals surface area contributed by atoms with E-state index in [9.17, 15) is 13.2 Å². The van der Waals surface area contributed by atoms with E-state index >= 15 is 0 Å². The van der Waals surface area contributed by atoms with Crippen LogP contribution in [-0.2, 0) is 0 Å². The molecule has 0 aliphatic heterocycles. The Kier molecular flexibility index (Phi) is 4.07. The van der Waals surface area contributed by atoms with Crippen LogP contribution in [0.15, 0.2) is 0 Å². The van der Waals surface area contributed by atoms with Crippen LogP contribution < -0.4 is 0 Å². The lowest BCUT2D eigenvalue weighted by Gasteiger charge is -2.07. The van der Waals surface area contributed by atoms with E-state index in [4.69, 9.17) is 10.2 Å². The van der Waals surface area contributed by atoms with Crippen LogP contribution in [0, 0.1) is 0 Å². The van der Waals surface area contributed by atoms with Gasteiger partial charge in [0.05, 0.1) is 12.7 Å². The van der Waals surface area contributed by atoms with Gasteiger partial charge in [-0.1, -0.05) is 0 Å². The number of halogens is 3. The third kappa shape index (κ3) is 6.18. The molecule has 2 nitrogen and oxygen atoms in total. The number of thioether (sulfide) groups is 1. The maximum absolute atomic E-state index is 11.3. The Hall–Kier alpha value is 0.0600. The molecule has 0 amide bonds. The number of aliphatic hydroxyl groups is 2. The molecular formula is C4H7F3O2S. The Morgan fingerprint density at radius 2 is 1.90 bits per heavy atom. The van der Waals surface area contributed by atoms with Gasteiger partial charge in [-0.2, -0.15) is 13.2 Å². The van der Waals surface area contributed by atoms with Gasteiger partial charge in [0, 0.05) is 5.75 Å². The van der Waals surface area contributed by atoms with E-state index in [0.29, 0.717) is 0 Å². The molecule has 0 rings (SSSR count). The highest BCUT2D eigenvalue weighted by Gasteiger charge is 2.28. The predicted molar refractivity (Wildman–Crippen MR) is 31.6 cm³/mol. The van der Waals surface area contributed by atoms with Crippen LogP contribution in [0.2, 0.25) is 0 Å². The molecule has 0 aliphatic rings. The van der Waals surface area contributed by atoms with E-state index < -0.39 is 24.0 Å². The van der Waals surface area contributed by atoms with Gasteiger partial charge in [-0.25, -0.2) is 0 Å². The molecule has 6 heteroatoms. The molecule has 1 unspecified atom stereocenters. The van der Waals surface area contributed by atoms with Crippen molar-refractivity contribution in [1.29, 1.82) is 0 Å². The zero-order valence-corrected chi connectivity index (χ0v) is 5.74. The Labute approximate surface area is 60.0 Å². The maximum atomic E-state index is 11.3. The van der Waals surface area contributed by atoms with E-state index in [-0.39, 0.29) is 11.8 Å². The summed E-state index contributed by atoms with van der Waals surface area (Å²) in [5.41, 5.74) is -4.32. The second-order valence-electron chi connectivity index (χ2n) is 1.59. The largest absolute Gasteiger partial charge is 0.441 e. The number of aliphatic hydroxyl groups excluding tert-OH is 2. The van der Waals surface area contributed by atoms with Crippen LogP contribution >= 0.6 is 11.8 Å². The first kappa shape index (κ1) is 10.1. The fraction of sp³-hybridized carbons (Fsp3) is 1.00. The lowest BCUT2D eigenvalue weighted by Crippen LogP contribution is -2.17. The van der Waals surface area contributed by atoms with E-state index in [1.807, 2.05) is 0 Å². The zero-order chi connectivity index (χ0) is 8.20. The highest BCUT2D eigenvalue weighted by Crippen LogP contribution is 2.30. The van der Waals surface area contributed by atoms with Gasteiger partial charge in [0.1, 0.15) is 0 Å². The van der Waals surface area contributed by atoms with Crippen LogP contribution in [0.3, 0.4) is 0 Å². The lowest BCUT2D eigenvalue weighted by molar-refractivity contribution is -0.0336. The molecule has 0 aromatic carbocycles. The van der Waals surface area contributed by atoms with E-state index in [2.05, 4.69) is 0 Å². The van der Waals surface area contributed by atoms with Crippen molar-refractivity contribution in [2.24, 2.45) is 0 Å². The van der Waals surface area contributed by atoms with Crippen molar-refractivity contribution in [3.63, 3.8) is 0 Å². The molecule has 0 heterocycles. The minimum absolute atomic E-state index is 0.344. The molecule has 2 N–H and O–H groups in total. The Morgan fingerprint density at radius 3 is 2.20 bits per heavy atom. The van der Waals surface area contributed by atoms with Gasteiger partial charge in [0.2, 0.25) is 0 Å². The van der Waals surface area contributed by atoms with E-state index in [1.165, 1.54) is 0 Å². The molecule has 0 aromatic rings. The van der Waals surface area contributed by atoms with Gasteiger partial charge in [0.15, 0.2) is 0 Å². The standard InChI is InChI=1S/C4H7F3O2S/c5-4(6,7)10-2-3(9)1-8/h3,8-9H,1-2H2. The molecule has 0 fully saturated rings. The van der Waals surface area contributed by atoms with Crippen molar-refractivity contribution in [2.45, 2.75) is 11.6 Å². The third-order valence-electron chi connectivity index (χ3n) is 0.650. The minimum Gasteiger partial charge on any atom is -0.394 e. The van der Waals surface area contributed by atoms with Crippen LogP contribution in [0.4, 0.5) is 13.2 Å². The Bertz CT molecular complexity index is 95.0. The molecular weight excluding hydrogens is 169 g/mol. The van der Waals surface area contributed by atoms with Crippen molar-refractivity contribution in [3.05, 3.63) is 0 Å². The zero-order valence-electron chi connectivity index (χ0n) is 4.93. The fourth-order valence-corrected chi connectivity index (χ4v) is 0.730. The first-order valence-electron chi connectivity index (χ1n) is 2.45. The van der Waals surface area contributed by atoms with Crippen molar-refractivity contribution < 1.29 is 23.4 Å². The third-order valence-corrected chi connectivity index (χ3v) is 1.53. The first-order chi connectivity index (χ1) is 4.45. The lowest BCUT2D eigenvalue weighted by atomic mass is 10.4. The fourth-order valence-electron chi connectivity index (χ4n) is 0.243. The summed E-state index contributed by atoms with van der Waals surface area (Å²) < 4.78 is 34.0. The van der Waals surface area contributed by atoms with Crippen LogP contribution in [0.1, 0.15) is 0 Å². The Morgan fingerprint density at radius 1 is 1.40 bits per heavy atom. The number of hydrogen-bond donors (Lipinski definition) is 2. The summed E-state index contributed by atoms with van der Waals surface area (Å²) in [7, 11) is 0. The number of alkyl halides is 3. The second kappa shape index (κ2) is 4.05.